The second kappa shape index (κ2) is 16.9. The summed E-state index contributed by atoms with van der Waals surface area (Å²) in [4.78, 5) is 31.8. The highest BCUT2D eigenvalue weighted by Crippen LogP contribution is 2.42. The molecule has 1 atom stereocenters. The van der Waals surface area contributed by atoms with Crippen molar-refractivity contribution in [2.75, 3.05) is 69.6 Å². The SMILES string of the molecule is CF.O=C1OCCCc2c(Cl)cc3c(cnn3CCCCCO)c2-c2ncc3c(nc(OCC45CCCN4CCC5)nc3c2F)N2CCSCC(C2)O1. The van der Waals surface area contributed by atoms with Crippen molar-refractivity contribution in [3.63, 3.8) is 0 Å². The summed E-state index contributed by atoms with van der Waals surface area (Å²) in [6.07, 6.45) is 9.77. The van der Waals surface area contributed by atoms with Crippen molar-refractivity contribution in [3.8, 4) is 17.3 Å². The monoisotopic (exact) mass is 773 g/mol. The summed E-state index contributed by atoms with van der Waals surface area (Å²) in [5, 5.41) is 15.5. The zero-order chi connectivity index (χ0) is 37.0. The van der Waals surface area contributed by atoms with Gasteiger partial charge in [-0.25, -0.2) is 9.18 Å². The van der Waals surface area contributed by atoms with Crippen molar-refractivity contribution in [1.82, 2.24) is 29.6 Å². The standard InChI is InChI=1S/C36H43ClFN7O5S.CH3F/c37-27-17-28-25(19-40-45(28)12-2-1-3-14-46)29-24(27)7-4-15-48-35(47)50-23-20-43(13-16-51-21-23)33-26-18-39-32(29)30(38)31(26)41-34(42-33)49-22-36-8-5-10-44(36)11-6-9-36;1-2/h17-19,23,46H,1-16,20-22H2;1H3. The van der Waals surface area contributed by atoms with E-state index in [0.29, 0.717) is 91.2 Å². The first kappa shape index (κ1) is 37.8. The van der Waals surface area contributed by atoms with Gasteiger partial charge in [-0.15, -0.1) is 0 Å². The number of carbonyl (C=O) groups is 1. The molecular formula is C37H46ClF2N7O5S. The third-order valence-electron chi connectivity index (χ3n) is 10.8. The Bertz CT molecular complexity index is 1930. The molecule has 0 saturated carbocycles. The van der Waals surface area contributed by atoms with Gasteiger partial charge in [0.15, 0.2) is 5.82 Å². The van der Waals surface area contributed by atoms with E-state index in [2.05, 4.69) is 10.00 Å². The van der Waals surface area contributed by atoms with Crippen LogP contribution in [0.25, 0.3) is 33.1 Å². The number of nitrogens with zero attached hydrogens (tertiary/aromatic N) is 7. The number of carbonyl (C=O) groups excluding carboxylic acids is 1. The van der Waals surface area contributed by atoms with Gasteiger partial charge in [-0.05, 0) is 82.5 Å². The largest absolute Gasteiger partial charge is 0.508 e. The fourth-order valence-electron chi connectivity index (χ4n) is 8.25. The Morgan fingerprint density at radius 3 is 2.74 bits per heavy atom. The third-order valence-corrected chi connectivity index (χ3v) is 12.2. The third kappa shape index (κ3) is 7.72. The smallest absolute Gasteiger partial charge is 0.461 e. The Morgan fingerprint density at radius 1 is 1.09 bits per heavy atom. The molecule has 286 valence electrons. The van der Waals surface area contributed by atoms with E-state index in [9.17, 15) is 14.3 Å². The molecule has 3 saturated heterocycles. The van der Waals surface area contributed by atoms with E-state index in [0.717, 1.165) is 62.9 Å². The lowest BCUT2D eigenvalue weighted by Gasteiger charge is -2.31. The van der Waals surface area contributed by atoms with Crippen molar-refractivity contribution in [3.05, 3.63) is 34.9 Å². The Kier molecular flexibility index (Phi) is 12.0. The quantitative estimate of drug-likeness (QED) is 0.153. The number of benzene rings is 1. The van der Waals surface area contributed by atoms with E-state index in [1.807, 2.05) is 15.6 Å². The van der Waals surface area contributed by atoms with E-state index in [1.54, 1.807) is 24.2 Å². The van der Waals surface area contributed by atoms with Gasteiger partial charge < -0.3 is 24.2 Å². The maximum absolute atomic E-state index is 17.4. The lowest BCUT2D eigenvalue weighted by atomic mass is 9.95. The molecule has 0 amide bonds. The van der Waals surface area contributed by atoms with Crippen molar-refractivity contribution in [2.24, 2.45) is 0 Å². The first-order valence-electron chi connectivity index (χ1n) is 18.5. The molecule has 1 N–H and O–H groups in total. The molecular weight excluding hydrogens is 728 g/mol. The lowest BCUT2D eigenvalue weighted by Crippen LogP contribution is -2.43. The number of pyridine rings is 1. The molecule has 0 radical (unpaired) electrons. The summed E-state index contributed by atoms with van der Waals surface area (Å²) in [5.41, 5.74) is 2.16. The molecule has 5 aliphatic rings. The highest BCUT2D eigenvalue weighted by atomic mass is 35.5. The molecule has 5 aliphatic heterocycles. The van der Waals surface area contributed by atoms with Gasteiger partial charge in [0.25, 0.3) is 0 Å². The molecule has 9 rings (SSSR count). The number of rotatable bonds is 8. The van der Waals surface area contributed by atoms with Crippen LogP contribution >= 0.6 is 23.4 Å². The van der Waals surface area contributed by atoms with E-state index < -0.39 is 18.1 Å². The number of ether oxygens (including phenoxy) is 3. The zero-order valence-electron chi connectivity index (χ0n) is 30.0. The Morgan fingerprint density at radius 2 is 1.92 bits per heavy atom. The fourth-order valence-corrected chi connectivity index (χ4v) is 9.50. The van der Waals surface area contributed by atoms with Crippen LogP contribution in [0.2, 0.25) is 5.02 Å². The minimum absolute atomic E-state index is 0.0493. The van der Waals surface area contributed by atoms with Crippen LogP contribution in [0.15, 0.2) is 18.5 Å². The molecule has 6 bridgehead atoms. The lowest BCUT2D eigenvalue weighted by molar-refractivity contribution is 0.0323. The Labute approximate surface area is 316 Å². The van der Waals surface area contributed by atoms with Gasteiger partial charge in [-0.2, -0.15) is 26.8 Å². The molecule has 3 aromatic heterocycles. The average molecular weight is 774 g/mol. The number of anilines is 1. The first-order valence-corrected chi connectivity index (χ1v) is 20.0. The first-order chi connectivity index (χ1) is 25.9. The second-order valence-corrected chi connectivity index (χ2v) is 15.5. The molecule has 12 nitrogen and oxygen atoms in total. The van der Waals surface area contributed by atoms with Gasteiger partial charge in [0.2, 0.25) is 0 Å². The topological polar surface area (TPSA) is 128 Å². The van der Waals surface area contributed by atoms with Crippen LogP contribution in [0.5, 0.6) is 6.01 Å². The van der Waals surface area contributed by atoms with Gasteiger partial charge in [-0.1, -0.05) is 11.6 Å². The highest BCUT2D eigenvalue weighted by molar-refractivity contribution is 7.99. The second-order valence-electron chi connectivity index (χ2n) is 14.0. The maximum Gasteiger partial charge on any atom is 0.508 e. The van der Waals surface area contributed by atoms with Crippen LogP contribution < -0.4 is 9.64 Å². The summed E-state index contributed by atoms with van der Waals surface area (Å²) in [7, 11) is 0.500. The summed E-state index contributed by atoms with van der Waals surface area (Å²) in [6.45, 7) is 4.37. The zero-order valence-corrected chi connectivity index (χ0v) is 31.6. The number of alkyl halides is 1. The van der Waals surface area contributed by atoms with E-state index in [-0.39, 0.29) is 36.0 Å². The number of halogens is 3. The molecule has 8 heterocycles. The number of hydrogen-bond donors (Lipinski definition) is 1. The number of fused-ring (bicyclic) bond motifs is 8. The number of unbranched alkanes of at least 4 members (excludes halogenated alkanes) is 2. The number of aliphatic hydroxyl groups excluding tert-OH is 1. The number of hydrogen-bond acceptors (Lipinski definition) is 12. The van der Waals surface area contributed by atoms with E-state index in [1.165, 1.54) is 0 Å². The van der Waals surface area contributed by atoms with Gasteiger partial charge in [-0.3, -0.25) is 19.0 Å². The number of aliphatic hydroxyl groups is 1. The Hall–Kier alpha value is -3.53. The van der Waals surface area contributed by atoms with Crippen molar-refractivity contribution in [1.29, 1.82) is 0 Å². The molecule has 3 fully saturated rings. The molecule has 1 aromatic carbocycles. The molecule has 0 spiro atoms. The molecule has 16 heteroatoms. The van der Waals surface area contributed by atoms with Crippen molar-refractivity contribution >= 4 is 57.1 Å². The molecule has 4 aromatic rings. The van der Waals surface area contributed by atoms with Crippen LogP contribution in [0, 0.1) is 5.82 Å². The molecule has 0 aliphatic carbocycles. The Balaban J connectivity index is 0.00000214. The normalized spacial score (nSPS) is 20.1. The number of thioether (sulfide) groups is 1. The van der Waals surface area contributed by atoms with Crippen LogP contribution in [-0.2, 0) is 22.4 Å². The van der Waals surface area contributed by atoms with E-state index >= 15 is 4.39 Å². The van der Waals surface area contributed by atoms with Gasteiger partial charge in [0.1, 0.15) is 29.7 Å². The van der Waals surface area contributed by atoms with Crippen molar-refractivity contribution in [2.45, 2.75) is 76.0 Å². The van der Waals surface area contributed by atoms with Crippen LogP contribution in [-0.4, -0.2) is 117 Å². The predicted octanol–water partition coefficient (Wildman–Crippen LogP) is 6.61. The maximum atomic E-state index is 17.4. The summed E-state index contributed by atoms with van der Waals surface area (Å²) < 4.78 is 46.5. The predicted molar refractivity (Wildman–Crippen MR) is 201 cm³/mol. The number of aryl methyl sites for hydroxylation is 1. The van der Waals surface area contributed by atoms with Crippen LogP contribution in [0.1, 0.15) is 56.9 Å². The molecule has 1 unspecified atom stereocenters. The van der Waals surface area contributed by atoms with E-state index in [4.69, 9.17) is 40.8 Å². The average Bonchev–Trinajstić information content (AvgIpc) is 3.82. The van der Waals surface area contributed by atoms with Gasteiger partial charge >= 0.3 is 12.2 Å². The minimum Gasteiger partial charge on any atom is -0.461 e. The van der Waals surface area contributed by atoms with Crippen LogP contribution in [0.3, 0.4) is 0 Å². The fraction of sp³-hybridized carbons (Fsp3) is 0.595. The summed E-state index contributed by atoms with van der Waals surface area (Å²) in [6, 6.07) is 1.97. The van der Waals surface area contributed by atoms with Gasteiger partial charge in [0, 0.05) is 53.4 Å². The van der Waals surface area contributed by atoms with Crippen LogP contribution in [0.4, 0.5) is 19.4 Å². The number of aromatic nitrogens is 5. The van der Waals surface area contributed by atoms with Gasteiger partial charge in [0.05, 0.1) is 43.0 Å². The highest BCUT2D eigenvalue weighted by Gasteiger charge is 2.45. The summed E-state index contributed by atoms with van der Waals surface area (Å²) >= 11 is 8.69. The minimum atomic E-state index is -0.719. The van der Waals surface area contributed by atoms with Crippen molar-refractivity contribution < 1.29 is 32.9 Å². The summed E-state index contributed by atoms with van der Waals surface area (Å²) in [5.74, 6) is 1.26. The molecule has 53 heavy (non-hydrogen) atoms.